The van der Waals surface area contributed by atoms with Crippen LogP contribution in [0.3, 0.4) is 0 Å². The highest BCUT2D eigenvalue weighted by atomic mass is 79.9. The minimum atomic E-state index is 0.740. The molecule has 0 bridgehead atoms. The van der Waals surface area contributed by atoms with Gasteiger partial charge in [0.1, 0.15) is 0 Å². The number of hydrogen-bond acceptors (Lipinski definition) is 1. The molecular formula is C10H13BrS. The Morgan fingerprint density at radius 2 is 2.33 bits per heavy atom. The fourth-order valence-corrected chi connectivity index (χ4v) is 3.63. The van der Waals surface area contributed by atoms with Gasteiger partial charge < -0.3 is 0 Å². The van der Waals surface area contributed by atoms with E-state index in [-0.39, 0.29) is 0 Å². The van der Waals surface area contributed by atoms with Gasteiger partial charge >= 0.3 is 0 Å². The Bertz CT molecular complexity index is 242. The summed E-state index contributed by atoms with van der Waals surface area (Å²) in [5.74, 6) is 1.62. The van der Waals surface area contributed by atoms with Crippen molar-refractivity contribution in [2.24, 2.45) is 5.92 Å². The molecule has 1 heterocycles. The Morgan fingerprint density at radius 3 is 2.83 bits per heavy atom. The molecule has 3 atom stereocenters. The predicted octanol–water partition coefficient (Wildman–Crippen LogP) is 4.03. The summed E-state index contributed by atoms with van der Waals surface area (Å²) in [5.41, 5.74) is 0. The maximum atomic E-state index is 3.73. The van der Waals surface area contributed by atoms with Crippen molar-refractivity contribution in [1.29, 1.82) is 0 Å². The van der Waals surface area contributed by atoms with Crippen LogP contribution in [0, 0.1) is 5.92 Å². The van der Waals surface area contributed by atoms with Gasteiger partial charge in [0.25, 0.3) is 0 Å². The van der Waals surface area contributed by atoms with Gasteiger partial charge in [-0.15, -0.1) is 11.3 Å². The first-order valence-electron chi connectivity index (χ1n) is 4.46. The number of halogens is 1. The molecule has 0 radical (unpaired) electrons. The third-order valence-corrected chi connectivity index (χ3v) is 5.16. The van der Waals surface area contributed by atoms with Crippen molar-refractivity contribution >= 4 is 27.3 Å². The molecule has 66 valence electrons. The summed E-state index contributed by atoms with van der Waals surface area (Å²) < 4.78 is 0. The summed E-state index contributed by atoms with van der Waals surface area (Å²) in [4.78, 5) is 2.31. The summed E-state index contributed by atoms with van der Waals surface area (Å²) in [6.45, 7) is 2.36. The van der Waals surface area contributed by atoms with Crippen molar-refractivity contribution in [2.45, 2.75) is 30.5 Å². The molecular weight excluding hydrogens is 232 g/mol. The second-order valence-corrected chi connectivity index (χ2v) is 5.73. The zero-order valence-corrected chi connectivity index (χ0v) is 9.57. The molecule has 0 N–H and O–H groups in total. The Kier molecular flexibility index (Phi) is 2.56. The maximum absolute atomic E-state index is 3.73. The normalized spacial score (nSPS) is 35.7. The molecule has 1 aliphatic carbocycles. The molecule has 0 aromatic carbocycles. The molecule has 0 nitrogen and oxygen atoms in total. The van der Waals surface area contributed by atoms with Crippen LogP contribution in [0.1, 0.15) is 30.6 Å². The molecule has 0 saturated heterocycles. The Morgan fingerprint density at radius 1 is 1.50 bits per heavy atom. The van der Waals surface area contributed by atoms with E-state index in [1.165, 1.54) is 12.8 Å². The van der Waals surface area contributed by atoms with Crippen molar-refractivity contribution < 1.29 is 0 Å². The van der Waals surface area contributed by atoms with E-state index in [1.54, 1.807) is 4.88 Å². The standard InChI is InChI=1S/C10H13BrS/c1-7-8(4-5-9(7)11)10-3-2-6-12-10/h2-3,6-9H,4-5H2,1H3. The lowest BCUT2D eigenvalue weighted by molar-refractivity contribution is 0.552. The quantitative estimate of drug-likeness (QED) is 0.655. The Hall–Kier alpha value is 0.180. The number of rotatable bonds is 1. The molecule has 2 rings (SSSR count). The van der Waals surface area contributed by atoms with Gasteiger partial charge in [0, 0.05) is 9.70 Å². The molecule has 1 aromatic heterocycles. The molecule has 1 saturated carbocycles. The van der Waals surface area contributed by atoms with E-state index >= 15 is 0 Å². The van der Waals surface area contributed by atoms with Crippen LogP contribution in [0.4, 0.5) is 0 Å². The average Bonchev–Trinajstić information content (AvgIpc) is 2.64. The van der Waals surface area contributed by atoms with E-state index in [2.05, 4.69) is 40.4 Å². The minimum Gasteiger partial charge on any atom is -0.149 e. The minimum absolute atomic E-state index is 0.740. The third kappa shape index (κ3) is 1.47. The Labute approximate surface area is 86.1 Å². The summed E-state index contributed by atoms with van der Waals surface area (Å²) in [6, 6.07) is 4.44. The van der Waals surface area contributed by atoms with Crippen LogP contribution in [-0.4, -0.2) is 4.83 Å². The van der Waals surface area contributed by atoms with Gasteiger partial charge in [-0.05, 0) is 36.1 Å². The van der Waals surface area contributed by atoms with E-state index in [0.717, 1.165) is 16.7 Å². The monoisotopic (exact) mass is 244 g/mol. The van der Waals surface area contributed by atoms with Crippen LogP contribution in [0.5, 0.6) is 0 Å². The van der Waals surface area contributed by atoms with Gasteiger partial charge in [-0.3, -0.25) is 0 Å². The highest BCUT2D eigenvalue weighted by Gasteiger charge is 2.32. The van der Waals surface area contributed by atoms with Crippen LogP contribution in [-0.2, 0) is 0 Å². The van der Waals surface area contributed by atoms with Crippen molar-refractivity contribution in [3.05, 3.63) is 22.4 Å². The SMILES string of the molecule is CC1C(Br)CCC1c1cccs1. The topological polar surface area (TPSA) is 0 Å². The van der Waals surface area contributed by atoms with Crippen LogP contribution >= 0.6 is 27.3 Å². The molecule has 1 fully saturated rings. The van der Waals surface area contributed by atoms with Gasteiger partial charge in [-0.1, -0.05) is 28.9 Å². The second-order valence-electron chi connectivity index (χ2n) is 3.57. The first kappa shape index (κ1) is 8.76. The van der Waals surface area contributed by atoms with Crippen LogP contribution < -0.4 is 0 Å². The van der Waals surface area contributed by atoms with Gasteiger partial charge in [-0.25, -0.2) is 0 Å². The molecule has 0 spiro atoms. The summed E-state index contributed by atoms with van der Waals surface area (Å²) >= 11 is 5.64. The lowest BCUT2D eigenvalue weighted by atomic mass is 9.97. The molecule has 2 heteroatoms. The maximum Gasteiger partial charge on any atom is 0.0177 e. The largest absolute Gasteiger partial charge is 0.149 e. The van der Waals surface area contributed by atoms with Gasteiger partial charge in [0.2, 0.25) is 0 Å². The predicted molar refractivity (Wildman–Crippen MR) is 58.2 cm³/mol. The molecule has 1 aliphatic rings. The van der Waals surface area contributed by atoms with Crippen LogP contribution in [0.2, 0.25) is 0 Å². The number of alkyl halides is 1. The van der Waals surface area contributed by atoms with E-state index < -0.39 is 0 Å². The zero-order valence-electron chi connectivity index (χ0n) is 7.16. The Balaban J connectivity index is 2.16. The fourth-order valence-electron chi connectivity index (χ4n) is 2.02. The molecule has 1 aromatic rings. The first-order chi connectivity index (χ1) is 5.79. The van der Waals surface area contributed by atoms with E-state index in [0.29, 0.717) is 0 Å². The molecule has 0 aliphatic heterocycles. The highest BCUT2D eigenvalue weighted by Crippen LogP contribution is 2.44. The lowest BCUT2D eigenvalue weighted by Gasteiger charge is -2.15. The smallest absolute Gasteiger partial charge is 0.0177 e. The molecule has 0 amide bonds. The van der Waals surface area contributed by atoms with Crippen molar-refractivity contribution in [2.75, 3.05) is 0 Å². The van der Waals surface area contributed by atoms with Crippen molar-refractivity contribution in [1.82, 2.24) is 0 Å². The van der Waals surface area contributed by atoms with E-state index in [4.69, 9.17) is 0 Å². The highest BCUT2D eigenvalue weighted by molar-refractivity contribution is 9.09. The number of hydrogen-bond donors (Lipinski definition) is 0. The lowest BCUT2D eigenvalue weighted by Crippen LogP contribution is -2.07. The molecule has 12 heavy (non-hydrogen) atoms. The summed E-state index contributed by atoms with van der Waals surface area (Å²) in [6.07, 6.45) is 2.70. The van der Waals surface area contributed by atoms with Gasteiger partial charge in [0.05, 0.1) is 0 Å². The van der Waals surface area contributed by atoms with E-state index in [9.17, 15) is 0 Å². The number of thiophene rings is 1. The van der Waals surface area contributed by atoms with Crippen LogP contribution in [0.25, 0.3) is 0 Å². The summed E-state index contributed by atoms with van der Waals surface area (Å²) in [5, 5.41) is 2.18. The molecule has 3 unspecified atom stereocenters. The van der Waals surface area contributed by atoms with Crippen LogP contribution in [0.15, 0.2) is 17.5 Å². The van der Waals surface area contributed by atoms with Crippen molar-refractivity contribution in [3.8, 4) is 0 Å². The van der Waals surface area contributed by atoms with Gasteiger partial charge in [0.15, 0.2) is 0 Å². The second kappa shape index (κ2) is 3.51. The fraction of sp³-hybridized carbons (Fsp3) is 0.600. The van der Waals surface area contributed by atoms with Crippen molar-refractivity contribution in [3.63, 3.8) is 0 Å². The van der Waals surface area contributed by atoms with E-state index in [1.807, 2.05) is 11.3 Å². The van der Waals surface area contributed by atoms with Gasteiger partial charge in [-0.2, -0.15) is 0 Å². The average molecular weight is 245 g/mol. The summed E-state index contributed by atoms with van der Waals surface area (Å²) in [7, 11) is 0. The first-order valence-corrected chi connectivity index (χ1v) is 6.26. The zero-order chi connectivity index (χ0) is 8.55. The third-order valence-electron chi connectivity index (χ3n) is 2.87.